The fourth-order valence-corrected chi connectivity index (χ4v) is 2.91. The summed E-state index contributed by atoms with van der Waals surface area (Å²) in [5.74, 6) is 2.66. The Morgan fingerprint density at radius 1 is 1.05 bits per heavy atom. The minimum atomic E-state index is 0.534. The lowest BCUT2D eigenvalue weighted by Gasteiger charge is -2.11. The lowest BCUT2D eigenvalue weighted by Crippen LogP contribution is -2.01. The zero-order valence-electron chi connectivity index (χ0n) is 12.5. The van der Waals surface area contributed by atoms with Gasteiger partial charge in [0.15, 0.2) is 11.5 Å². The normalized spacial score (nSPS) is 10.5. The molecule has 7 heteroatoms. The molecule has 0 unspecified atom stereocenters. The Bertz CT molecular complexity index is 803. The minimum Gasteiger partial charge on any atom is -0.493 e. The molecule has 22 heavy (non-hydrogen) atoms. The number of anilines is 3. The zero-order valence-corrected chi connectivity index (χ0v) is 13.3. The van der Waals surface area contributed by atoms with Gasteiger partial charge >= 0.3 is 0 Å². The van der Waals surface area contributed by atoms with E-state index in [4.69, 9.17) is 9.47 Å². The second kappa shape index (κ2) is 6.07. The number of aromatic nitrogens is 2. The number of ether oxygens (including phenoxy) is 2. The molecule has 0 saturated heterocycles. The molecular formula is C15H16N4O2S. The fourth-order valence-electron chi connectivity index (χ4n) is 2.14. The van der Waals surface area contributed by atoms with Crippen LogP contribution in [-0.2, 0) is 0 Å². The summed E-state index contributed by atoms with van der Waals surface area (Å²) in [4.78, 5) is 9.94. The molecule has 2 aromatic heterocycles. The largest absolute Gasteiger partial charge is 0.493 e. The Morgan fingerprint density at radius 2 is 1.86 bits per heavy atom. The van der Waals surface area contributed by atoms with Crippen molar-refractivity contribution in [2.24, 2.45) is 0 Å². The van der Waals surface area contributed by atoms with Crippen LogP contribution in [0.3, 0.4) is 0 Å². The Morgan fingerprint density at radius 3 is 2.59 bits per heavy atom. The van der Waals surface area contributed by atoms with Gasteiger partial charge in [-0.3, -0.25) is 0 Å². The third-order valence-electron chi connectivity index (χ3n) is 3.20. The first-order chi connectivity index (χ1) is 10.7. The topological polar surface area (TPSA) is 68.3 Å². The number of nitrogens with one attached hydrogen (secondary N) is 2. The average Bonchev–Trinajstić information content (AvgIpc) is 3.02. The Balaban J connectivity index is 1.95. The third kappa shape index (κ3) is 2.62. The first-order valence-corrected chi connectivity index (χ1v) is 7.55. The number of fused-ring (bicyclic) bond motifs is 1. The van der Waals surface area contributed by atoms with Gasteiger partial charge in [0, 0.05) is 18.8 Å². The van der Waals surface area contributed by atoms with Crippen molar-refractivity contribution in [2.75, 3.05) is 31.9 Å². The molecule has 0 atom stereocenters. The van der Waals surface area contributed by atoms with Crippen LogP contribution in [0.5, 0.6) is 11.5 Å². The van der Waals surface area contributed by atoms with Crippen molar-refractivity contribution in [3.63, 3.8) is 0 Å². The number of hydrogen-bond donors (Lipinski definition) is 2. The van der Waals surface area contributed by atoms with E-state index in [1.165, 1.54) is 0 Å². The summed E-state index contributed by atoms with van der Waals surface area (Å²) in [6.45, 7) is 0. The molecule has 0 aliphatic rings. The predicted octanol–water partition coefficient (Wildman–Crippen LogP) is 3.49. The van der Waals surface area contributed by atoms with Crippen LogP contribution in [0, 0.1) is 0 Å². The van der Waals surface area contributed by atoms with Crippen LogP contribution < -0.4 is 20.1 Å². The molecule has 0 spiro atoms. The van der Waals surface area contributed by atoms with E-state index in [9.17, 15) is 0 Å². The Kier molecular flexibility index (Phi) is 3.97. The van der Waals surface area contributed by atoms with Crippen LogP contribution in [0.25, 0.3) is 10.2 Å². The van der Waals surface area contributed by atoms with Gasteiger partial charge in [0.25, 0.3) is 0 Å². The summed E-state index contributed by atoms with van der Waals surface area (Å²) in [7, 11) is 5.06. The van der Waals surface area contributed by atoms with Crippen molar-refractivity contribution >= 4 is 39.0 Å². The van der Waals surface area contributed by atoms with E-state index >= 15 is 0 Å². The number of methoxy groups -OCH3 is 2. The summed E-state index contributed by atoms with van der Waals surface area (Å²) < 4.78 is 10.5. The smallest absolute Gasteiger partial charge is 0.230 e. The highest BCUT2D eigenvalue weighted by Crippen LogP contribution is 2.32. The molecular weight excluding hydrogens is 300 g/mol. The van der Waals surface area contributed by atoms with Crippen molar-refractivity contribution in [2.45, 2.75) is 0 Å². The lowest BCUT2D eigenvalue weighted by molar-refractivity contribution is 0.355. The van der Waals surface area contributed by atoms with Crippen LogP contribution in [0.15, 0.2) is 29.6 Å². The van der Waals surface area contributed by atoms with Crippen molar-refractivity contribution in [1.82, 2.24) is 9.97 Å². The SMILES string of the molecule is CNc1nc(Nc2ccc(OC)c(OC)c2)nc2sccc12. The second-order valence-corrected chi connectivity index (χ2v) is 5.37. The second-order valence-electron chi connectivity index (χ2n) is 4.48. The summed E-state index contributed by atoms with van der Waals surface area (Å²) in [6.07, 6.45) is 0. The van der Waals surface area contributed by atoms with E-state index in [-0.39, 0.29) is 0 Å². The fraction of sp³-hybridized carbons (Fsp3) is 0.200. The first-order valence-electron chi connectivity index (χ1n) is 6.67. The Hall–Kier alpha value is -2.54. The van der Waals surface area contributed by atoms with Gasteiger partial charge < -0.3 is 20.1 Å². The minimum absolute atomic E-state index is 0.534. The number of hydrogen-bond acceptors (Lipinski definition) is 7. The molecule has 2 N–H and O–H groups in total. The molecule has 3 rings (SSSR count). The van der Waals surface area contributed by atoms with Gasteiger partial charge in [0.2, 0.25) is 5.95 Å². The maximum Gasteiger partial charge on any atom is 0.230 e. The van der Waals surface area contributed by atoms with Gasteiger partial charge in [-0.2, -0.15) is 4.98 Å². The first kappa shape index (κ1) is 14.4. The molecule has 0 fully saturated rings. The van der Waals surface area contributed by atoms with Crippen LogP contribution in [0.4, 0.5) is 17.5 Å². The molecule has 2 heterocycles. The van der Waals surface area contributed by atoms with Gasteiger partial charge in [-0.1, -0.05) is 0 Å². The monoisotopic (exact) mass is 316 g/mol. The zero-order chi connectivity index (χ0) is 15.5. The van der Waals surface area contributed by atoms with Crippen LogP contribution in [0.1, 0.15) is 0 Å². The number of rotatable bonds is 5. The van der Waals surface area contributed by atoms with Gasteiger partial charge in [-0.05, 0) is 23.6 Å². The van der Waals surface area contributed by atoms with Gasteiger partial charge in [-0.25, -0.2) is 4.98 Å². The lowest BCUT2D eigenvalue weighted by atomic mass is 10.3. The number of benzene rings is 1. The molecule has 6 nitrogen and oxygen atoms in total. The predicted molar refractivity (Wildman–Crippen MR) is 89.8 cm³/mol. The highest BCUT2D eigenvalue weighted by Gasteiger charge is 2.09. The highest BCUT2D eigenvalue weighted by molar-refractivity contribution is 7.16. The molecule has 0 bridgehead atoms. The van der Waals surface area contributed by atoms with Crippen molar-refractivity contribution in [1.29, 1.82) is 0 Å². The van der Waals surface area contributed by atoms with E-state index in [0.29, 0.717) is 17.4 Å². The van der Waals surface area contributed by atoms with E-state index in [2.05, 4.69) is 20.6 Å². The van der Waals surface area contributed by atoms with E-state index in [0.717, 1.165) is 21.7 Å². The van der Waals surface area contributed by atoms with Crippen LogP contribution in [-0.4, -0.2) is 31.2 Å². The third-order valence-corrected chi connectivity index (χ3v) is 4.01. The maximum atomic E-state index is 5.30. The summed E-state index contributed by atoms with van der Waals surface area (Å²) in [5, 5.41) is 9.31. The molecule has 114 valence electrons. The molecule has 0 aliphatic heterocycles. The number of thiophene rings is 1. The van der Waals surface area contributed by atoms with E-state index in [1.54, 1.807) is 25.6 Å². The van der Waals surface area contributed by atoms with Crippen molar-refractivity contribution in [3.05, 3.63) is 29.6 Å². The molecule has 0 saturated carbocycles. The van der Waals surface area contributed by atoms with Gasteiger partial charge in [-0.15, -0.1) is 11.3 Å². The van der Waals surface area contributed by atoms with E-state index < -0.39 is 0 Å². The average molecular weight is 316 g/mol. The molecule has 1 aromatic carbocycles. The Labute approximate surface area is 132 Å². The van der Waals surface area contributed by atoms with Crippen molar-refractivity contribution in [3.8, 4) is 11.5 Å². The van der Waals surface area contributed by atoms with E-state index in [1.807, 2.05) is 36.7 Å². The molecule has 3 aromatic rings. The van der Waals surface area contributed by atoms with Crippen molar-refractivity contribution < 1.29 is 9.47 Å². The van der Waals surface area contributed by atoms with Crippen LogP contribution >= 0.6 is 11.3 Å². The van der Waals surface area contributed by atoms with Gasteiger partial charge in [0.05, 0.1) is 19.6 Å². The summed E-state index contributed by atoms with van der Waals surface area (Å²) in [5.41, 5.74) is 0.829. The van der Waals surface area contributed by atoms with Crippen LogP contribution in [0.2, 0.25) is 0 Å². The maximum absolute atomic E-state index is 5.30. The highest BCUT2D eigenvalue weighted by atomic mass is 32.1. The molecule has 0 aliphatic carbocycles. The quantitative estimate of drug-likeness (QED) is 0.751. The summed E-state index contributed by atoms with van der Waals surface area (Å²) in [6, 6.07) is 7.58. The number of nitrogens with zero attached hydrogens (tertiary/aromatic N) is 2. The standard InChI is InChI=1S/C15H16N4O2S/c1-16-13-10-6-7-22-14(10)19-15(18-13)17-9-4-5-11(20-2)12(8-9)21-3/h4-8H,1-3H3,(H2,16,17,18,19). The summed E-state index contributed by atoms with van der Waals surface area (Å²) >= 11 is 1.58. The molecule has 0 radical (unpaired) electrons. The molecule has 0 amide bonds. The van der Waals surface area contributed by atoms with Gasteiger partial charge in [0.1, 0.15) is 10.6 Å².